The normalized spacial score (nSPS) is 16.1. The molecule has 1 aromatic rings. The maximum absolute atomic E-state index is 9.02. The van der Waals surface area contributed by atoms with Gasteiger partial charge in [0, 0.05) is 10.6 Å². The summed E-state index contributed by atoms with van der Waals surface area (Å²) in [4.78, 5) is 5.95. The quantitative estimate of drug-likeness (QED) is 0.736. The highest BCUT2D eigenvalue weighted by atomic mass is 32.2. The largest absolute Gasteiger partial charge is 0.244 e. The van der Waals surface area contributed by atoms with E-state index < -0.39 is 5.41 Å². The predicted molar refractivity (Wildman–Crippen MR) is 60.6 cm³/mol. The third-order valence-corrected chi connectivity index (χ3v) is 4.90. The van der Waals surface area contributed by atoms with Gasteiger partial charge in [-0.3, -0.25) is 0 Å². The maximum atomic E-state index is 9.02. The average molecular weight is 224 g/mol. The van der Waals surface area contributed by atoms with Crippen molar-refractivity contribution in [2.24, 2.45) is 0 Å². The van der Waals surface area contributed by atoms with Crippen LogP contribution in [-0.4, -0.2) is 10.7 Å². The first-order chi connectivity index (χ1) is 6.63. The van der Waals surface area contributed by atoms with E-state index in [2.05, 4.69) is 11.1 Å². The fourth-order valence-corrected chi connectivity index (χ4v) is 3.62. The molecule has 2 nitrogen and oxygen atoms in total. The molecule has 1 aliphatic rings. The number of fused-ring (bicyclic) bond motifs is 1. The second kappa shape index (κ2) is 3.56. The Kier molecular flexibility index (Phi) is 2.54. The Hall–Kier alpha value is -0.530. The lowest BCUT2D eigenvalue weighted by molar-refractivity contribution is 0.676. The number of rotatable bonds is 1. The minimum atomic E-state index is -0.424. The number of nitrogens with zero attached hydrogens (tertiary/aromatic N) is 2. The first-order valence-corrected chi connectivity index (χ1v) is 6.58. The Morgan fingerprint density at radius 2 is 2.29 bits per heavy atom. The van der Waals surface area contributed by atoms with E-state index in [1.54, 1.807) is 11.3 Å². The van der Waals surface area contributed by atoms with Crippen molar-refractivity contribution in [3.05, 3.63) is 15.6 Å². The van der Waals surface area contributed by atoms with Gasteiger partial charge in [-0.05, 0) is 26.0 Å². The van der Waals surface area contributed by atoms with E-state index >= 15 is 0 Å². The van der Waals surface area contributed by atoms with E-state index in [9.17, 15) is 0 Å². The first kappa shape index (κ1) is 10.0. The van der Waals surface area contributed by atoms with Crippen LogP contribution in [0.1, 0.15) is 29.4 Å². The van der Waals surface area contributed by atoms with Gasteiger partial charge >= 0.3 is 0 Å². The van der Waals surface area contributed by atoms with Crippen molar-refractivity contribution >= 4 is 23.1 Å². The van der Waals surface area contributed by atoms with Crippen LogP contribution in [0.3, 0.4) is 0 Å². The molecule has 0 unspecified atom stereocenters. The van der Waals surface area contributed by atoms with Crippen LogP contribution in [0.2, 0.25) is 0 Å². The van der Waals surface area contributed by atoms with E-state index in [1.807, 2.05) is 25.6 Å². The van der Waals surface area contributed by atoms with Crippen molar-refractivity contribution in [2.75, 3.05) is 5.75 Å². The summed E-state index contributed by atoms with van der Waals surface area (Å²) in [5, 5.41) is 10.00. The number of hydrogen-bond acceptors (Lipinski definition) is 4. The van der Waals surface area contributed by atoms with Crippen molar-refractivity contribution < 1.29 is 0 Å². The first-order valence-electron chi connectivity index (χ1n) is 4.61. The molecule has 4 heteroatoms. The van der Waals surface area contributed by atoms with Crippen LogP contribution < -0.4 is 0 Å². The highest BCUT2D eigenvalue weighted by Gasteiger charge is 2.26. The SMILES string of the molecule is CC(C)(C#N)c1nc2c(s1)CSCC2. The van der Waals surface area contributed by atoms with E-state index in [-0.39, 0.29) is 0 Å². The second-order valence-corrected chi connectivity index (χ2v) is 6.12. The van der Waals surface area contributed by atoms with Crippen LogP contribution in [0.25, 0.3) is 0 Å². The van der Waals surface area contributed by atoms with Crippen LogP contribution in [-0.2, 0) is 17.6 Å². The Balaban J connectivity index is 2.38. The zero-order chi connectivity index (χ0) is 10.2. The Morgan fingerprint density at radius 1 is 1.50 bits per heavy atom. The summed E-state index contributed by atoms with van der Waals surface area (Å²) in [5.41, 5.74) is 0.805. The summed E-state index contributed by atoms with van der Waals surface area (Å²) in [6, 6.07) is 2.31. The zero-order valence-corrected chi connectivity index (χ0v) is 9.97. The molecule has 0 amide bonds. The topological polar surface area (TPSA) is 36.7 Å². The maximum Gasteiger partial charge on any atom is 0.113 e. The van der Waals surface area contributed by atoms with E-state index in [0.717, 1.165) is 17.2 Å². The van der Waals surface area contributed by atoms with Crippen LogP contribution >= 0.6 is 23.1 Å². The molecule has 14 heavy (non-hydrogen) atoms. The smallest absolute Gasteiger partial charge is 0.113 e. The van der Waals surface area contributed by atoms with E-state index in [0.29, 0.717) is 0 Å². The molecule has 0 fully saturated rings. The van der Waals surface area contributed by atoms with Gasteiger partial charge in [0.2, 0.25) is 0 Å². The second-order valence-electron chi connectivity index (χ2n) is 3.93. The molecule has 0 atom stereocenters. The van der Waals surface area contributed by atoms with Crippen molar-refractivity contribution in [1.29, 1.82) is 5.26 Å². The van der Waals surface area contributed by atoms with Gasteiger partial charge in [-0.2, -0.15) is 17.0 Å². The van der Waals surface area contributed by atoms with Crippen molar-refractivity contribution in [2.45, 2.75) is 31.4 Å². The number of aryl methyl sites for hydroxylation is 1. The van der Waals surface area contributed by atoms with Crippen LogP contribution in [0.5, 0.6) is 0 Å². The minimum Gasteiger partial charge on any atom is -0.244 e. The van der Waals surface area contributed by atoms with Gasteiger partial charge in [0.25, 0.3) is 0 Å². The van der Waals surface area contributed by atoms with Gasteiger partial charge in [0.15, 0.2) is 0 Å². The number of aromatic nitrogens is 1. The molecule has 0 aliphatic carbocycles. The van der Waals surface area contributed by atoms with Crippen LogP contribution in [0.4, 0.5) is 0 Å². The molecule has 0 spiro atoms. The number of hydrogen-bond donors (Lipinski definition) is 0. The number of thioether (sulfide) groups is 1. The van der Waals surface area contributed by atoms with E-state index in [1.165, 1.54) is 16.3 Å². The van der Waals surface area contributed by atoms with Crippen molar-refractivity contribution in [3.63, 3.8) is 0 Å². The highest BCUT2D eigenvalue weighted by molar-refractivity contribution is 7.98. The third-order valence-electron chi connectivity index (χ3n) is 2.31. The lowest BCUT2D eigenvalue weighted by Crippen LogP contribution is -2.13. The Morgan fingerprint density at radius 3 is 2.93 bits per heavy atom. The molecule has 0 radical (unpaired) electrons. The van der Waals surface area contributed by atoms with Crippen molar-refractivity contribution in [3.8, 4) is 6.07 Å². The molecule has 2 heterocycles. The Labute approximate surface area is 92.4 Å². The van der Waals surface area contributed by atoms with Gasteiger partial charge in [0.1, 0.15) is 10.4 Å². The molecule has 1 aromatic heterocycles. The molecule has 0 N–H and O–H groups in total. The number of nitriles is 1. The molecule has 0 saturated carbocycles. The van der Waals surface area contributed by atoms with Crippen LogP contribution in [0.15, 0.2) is 0 Å². The summed E-state index contributed by atoms with van der Waals surface area (Å²) < 4.78 is 0. The number of thiazole rings is 1. The molecular weight excluding hydrogens is 212 g/mol. The van der Waals surface area contributed by atoms with E-state index in [4.69, 9.17) is 5.26 Å². The predicted octanol–water partition coefficient (Wildman–Crippen LogP) is 2.73. The highest BCUT2D eigenvalue weighted by Crippen LogP contribution is 2.34. The summed E-state index contributed by atoms with van der Waals surface area (Å²) in [6.45, 7) is 3.87. The van der Waals surface area contributed by atoms with Gasteiger partial charge in [0.05, 0.1) is 11.8 Å². The zero-order valence-electron chi connectivity index (χ0n) is 8.33. The fraction of sp³-hybridized carbons (Fsp3) is 0.600. The molecule has 0 aromatic carbocycles. The molecule has 1 aliphatic heterocycles. The molecule has 74 valence electrons. The molecular formula is C10H12N2S2. The summed E-state index contributed by atoms with van der Waals surface area (Å²) in [7, 11) is 0. The standard InChI is InChI=1S/C10H12N2S2/c1-10(2,6-11)9-12-7-3-4-13-5-8(7)14-9/h3-5H2,1-2H3. The van der Waals surface area contributed by atoms with Crippen LogP contribution in [0, 0.1) is 11.3 Å². The monoisotopic (exact) mass is 224 g/mol. The van der Waals surface area contributed by atoms with Gasteiger partial charge in [-0.1, -0.05) is 0 Å². The Bertz CT molecular complexity index is 364. The molecule has 0 bridgehead atoms. The summed E-state index contributed by atoms with van der Waals surface area (Å²) in [6.07, 6.45) is 1.07. The lowest BCUT2D eigenvalue weighted by atomic mass is 9.97. The lowest BCUT2D eigenvalue weighted by Gasteiger charge is -2.09. The summed E-state index contributed by atoms with van der Waals surface area (Å²) in [5.74, 6) is 2.25. The summed E-state index contributed by atoms with van der Waals surface area (Å²) >= 11 is 3.67. The minimum absolute atomic E-state index is 0.424. The molecule has 2 rings (SSSR count). The average Bonchev–Trinajstić information content (AvgIpc) is 2.61. The van der Waals surface area contributed by atoms with Gasteiger partial charge in [-0.25, -0.2) is 4.98 Å². The fourth-order valence-electron chi connectivity index (χ4n) is 1.34. The van der Waals surface area contributed by atoms with Gasteiger partial charge < -0.3 is 0 Å². The molecule has 0 saturated heterocycles. The van der Waals surface area contributed by atoms with Crippen molar-refractivity contribution in [1.82, 2.24) is 4.98 Å². The van der Waals surface area contributed by atoms with Gasteiger partial charge in [-0.15, -0.1) is 11.3 Å². The third kappa shape index (κ3) is 1.67.